The van der Waals surface area contributed by atoms with Crippen molar-refractivity contribution < 1.29 is 9.64 Å². The van der Waals surface area contributed by atoms with Gasteiger partial charge >= 0.3 is 0 Å². The first-order valence-electron chi connectivity index (χ1n) is 9.47. The van der Waals surface area contributed by atoms with Gasteiger partial charge in [0.15, 0.2) is 0 Å². The zero-order valence-electron chi connectivity index (χ0n) is 15.4. The summed E-state index contributed by atoms with van der Waals surface area (Å²) in [4.78, 5) is 1.68. The van der Waals surface area contributed by atoms with Crippen molar-refractivity contribution in [2.75, 3.05) is 7.11 Å². The third kappa shape index (κ3) is 4.17. The molecule has 1 fully saturated rings. The first-order valence-corrected chi connectivity index (χ1v) is 9.47. The van der Waals surface area contributed by atoms with E-state index in [0.29, 0.717) is 0 Å². The van der Waals surface area contributed by atoms with Crippen molar-refractivity contribution in [1.29, 1.82) is 0 Å². The fourth-order valence-electron chi connectivity index (χ4n) is 3.67. The molecule has 3 heteroatoms. The molecule has 1 N–H and O–H groups in total. The van der Waals surface area contributed by atoms with Gasteiger partial charge in [-0.2, -0.15) is 0 Å². The molecule has 4 rings (SSSR count). The van der Waals surface area contributed by atoms with E-state index in [0.717, 1.165) is 31.4 Å². The monoisotopic (exact) mass is 347 g/mol. The summed E-state index contributed by atoms with van der Waals surface area (Å²) in [6.45, 7) is 3.08. The standard InChI is InChI=1S/C23H26N2O/c1-26-23-11-5-9-20(15-23)17-24-14-6-10-22(24)18-25(21-12-13-21)16-19-7-3-2-4-8-19/h2-11,14-15,21H,12-13,16-18H2,1H3/p+1. The average Bonchev–Trinajstić information content (AvgIpc) is 3.44. The number of rotatable bonds is 8. The number of hydrogen-bond acceptors (Lipinski definition) is 1. The zero-order valence-corrected chi connectivity index (χ0v) is 15.4. The molecule has 0 bridgehead atoms. The minimum Gasteiger partial charge on any atom is -0.497 e. The predicted octanol–water partition coefficient (Wildman–Crippen LogP) is 3.29. The van der Waals surface area contributed by atoms with Gasteiger partial charge in [0.1, 0.15) is 18.8 Å². The summed E-state index contributed by atoms with van der Waals surface area (Å²) in [5.41, 5.74) is 4.11. The number of benzene rings is 2. The van der Waals surface area contributed by atoms with Gasteiger partial charge in [-0.1, -0.05) is 42.5 Å². The van der Waals surface area contributed by atoms with Crippen LogP contribution in [0.3, 0.4) is 0 Å². The van der Waals surface area contributed by atoms with Gasteiger partial charge in [-0.15, -0.1) is 0 Å². The fourth-order valence-corrected chi connectivity index (χ4v) is 3.67. The molecule has 1 unspecified atom stereocenters. The van der Waals surface area contributed by atoms with Crippen molar-refractivity contribution in [2.24, 2.45) is 0 Å². The van der Waals surface area contributed by atoms with E-state index < -0.39 is 0 Å². The van der Waals surface area contributed by atoms with Crippen LogP contribution in [-0.2, 0) is 19.6 Å². The average molecular weight is 347 g/mol. The molecule has 1 atom stereocenters. The van der Waals surface area contributed by atoms with Crippen LogP contribution < -0.4 is 9.64 Å². The van der Waals surface area contributed by atoms with Gasteiger partial charge in [-0.25, -0.2) is 0 Å². The summed E-state index contributed by atoms with van der Waals surface area (Å²) >= 11 is 0. The van der Waals surface area contributed by atoms with Gasteiger partial charge in [0.2, 0.25) is 0 Å². The SMILES string of the molecule is COc1cccc(Cn2cccc2C[NH+](Cc2ccccc2)C2CC2)c1. The minimum atomic E-state index is 0.815. The van der Waals surface area contributed by atoms with E-state index in [1.54, 1.807) is 12.0 Å². The van der Waals surface area contributed by atoms with E-state index in [9.17, 15) is 0 Å². The molecule has 0 radical (unpaired) electrons. The van der Waals surface area contributed by atoms with E-state index in [2.05, 4.69) is 71.4 Å². The van der Waals surface area contributed by atoms with Gasteiger partial charge in [0.05, 0.1) is 18.8 Å². The normalized spacial score (nSPS) is 15.0. The molecule has 0 aliphatic heterocycles. The van der Waals surface area contributed by atoms with E-state index in [1.807, 2.05) is 6.07 Å². The fraction of sp³-hybridized carbons (Fsp3) is 0.304. The van der Waals surface area contributed by atoms with Crippen LogP contribution in [0.25, 0.3) is 0 Å². The highest BCUT2D eigenvalue weighted by Gasteiger charge is 2.33. The maximum atomic E-state index is 5.36. The van der Waals surface area contributed by atoms with Crippen LogP contribution in [0.1, 0.15) is 29.7 Å². The molecule has 1 aliphatic carbocycles. The molecule has 26 heavy (non-hydrogen) atoms. The molecule has 3 nitrogen and oxygen atoms in total. The van der Waals surface area contributed by atoms with E-state index in [1.165, 1.54) is 29.7 Å². The second-order valence-corrected chi connectivity index (χ2v) is 7.25. The first kappa shape index (κ1) is 16.9. The Labute approximate surface area is 155 Å². The van der Waals surface area contributed by atoms with Gasteiger partial charge in [0.25, 0.3) is 0 Å². The maximum Gasteiger partial charge on any atom is 0.119 e. The molecule has 1 heterocycles. The van der Waals surface area contributed by atoms with E-state index in [4.69, 9.17) is 4.74 Å². The molecule has 1 aromatic heterocycles. The van der Waals surface area contributed by atoms with Crippen LogP contribution in [0.4, 0.5) is 0 Å². The smallest absolute Gasteiger partial charge is 0.119 e. The summed E-state index contributed by atoms with van der Waals surface area (Å²) < 4.78 is 7.74. The Bertz CT molecular complexity index is 836. The number of hydrogen-bond donors (Lipinski definition) is 1. The third-order valence-corrected chi connectivity index (χ3v) is 5.25. The lowest BCUT2D eigenvalue weighted by molar-refractivity contribution is -0.938. The zero-order chi connectivity index (χ0) is 17.8. The Kier molecular flexibility index (Phi) is 5.07. The van der Waals surface area contributed by atoms with E-state index in [-0.39, 0.29) is 0 Å². The van der Waals surface area contributed by atoms with Crippen molar-refractivity contribution in [3.63, 3.8) is 0 Å². The van der Waals surface area contributed by atoms with Crippen molar-refractivity contribution in [3.05, 3.63) is 89.7 Å². The molecule has 1 aliphatic rings. The second kappa shape index (κ2) is 7.79. The Hall–Kier alpha value is -2.52. The first-order chi connectivity index (χ1) is 12.8. The van der Waals surface area contributed by atoms with E-state index >= 15 is 0 Å². The summed E-state index contributed by atoms with van der Waals surface area (Å²) in [7, 11) is 1.72. The highest BCUT2D eigenvalue weighted by atomic mass is 16.5. The maximum absolute atomic E-state index is 5.36. The molecular formula is C23H27N2O+. The predicted molar refractivity (Wildman–Crippen MR) is 104 cm³/mol. The summed E-state index contributed by atoms with van der Waals surface area (Å²) in [5, 5.41) is 0. The minimum absolute atomic E-state index is 0.815. The molecular weight excluding hydrogens is 320 g/mol. The number of quaternary nitrogens is 1. The molecule has 134 valence electrons. The number of aromatic nitrogens is 1. The van der Waals surface area contributed by atoms with Crippen molar-refractivity contribution in [1.82, 2.24) is 4.57 Å². The number of methoxy groups -OCH3 is 1. The Balaban J connectivity index is 1.48. The topological polar surface area (TPSA) is 18.6 Å². The van der Waals surface area contributed by atoms with Gasteiger partial charge < -0.3 is 14.2 Å². The number of nitrogens with zero attached hydrogens (tertiary/aromatic N) is 1. The molecule has 0 spiro atoms. The van der Waals surface area contributed by atoms with Gasteiger partial charge in [-0.3, -0.25) is 0 Å². The highest BCUT2D eigenvalue weighted by molar-refractivity contribution is 5.29. The second-order valence-electron chi connectivity index (χ2n) is 7.25. The van der Waals surface area contributed by atoms with Crippen molar-refractivity contribution in [2.45, 2.75) is 38.5 Å². The molecule has 0 amide bonds. The van der Waals surface area contributed by atoms with Crippen LogP contribution in [0.5, 0.6) is 5.75 Å². The molecule has 3 aromatic rings. The highest BCUT2D eigenvalue weighted by Crippen LogP contribution is 2.18. The lowest BCUT2D eigenvalue weighted by Crippen LogP contribution is -3.10. The van der Waals surface area contributed by atoms with Gasteiger partial charge in [-0.05, 0) is 29.8 Å². The van der Waals surface area contributed by atoms with Crippen LogP contribution in [0, 0.1) is 0 Å². The van der Waals surface area contributed by atoms with Crippen molar-refractivity contribution >= 4 is 0 Å². The van der Waals surface area contributed by atoms with Crippen LogP contribution >= 0.6 is 0 Å². The Morgan fingerprint density at radius 1 is 0.923 bits per heavy atom. The molecule has 1 saturated carbocycles. The Morgan fingerprint density at radius 2 is 1.73 bits per heavy atom. The van der Waals surface area contributed by atoms with Crippen LogP contribution in [-0.4, -0.2) is 17.7 Å². The third-order valence-electron chi connectivity index (χ3n) is 5.25. The van der Waals surface area contributed by atoms with Crippen LogP contribution in [0.2, 0.25) is 0 Å². The van der Waals surface area contributed by atoms with Crippen LogP contribution in [0.15, 0.2) is 72.9 Å². The van der Waals surface area contributed by atoms with Crippen molar-refractivity contribution in [3.8, 4) is 5.75 Å². The molecule has 0 saturated heterocycles. The number of nitrogens with one attached hydrogen (secondary N) is 1. The largest absolute Gasteiger partial charge is 0.497 e. The summed E-state index contributed by atoms with van der Waals surface area (Å²) in [6, 6.07) is 24.5. The summed E-state index contributed by atoms with van der Waals surface area (Å²) in [5.74, 6) is 0.922. The lowest BCUT2D eigenvalue weighted by Gasteiger charge is -2.20. The van der Waals surface area contributed by atoms with Gasteiger partial charge in [0, 0.05) is 31.1 Å². The number of ether oxygens (including phenoxy) is 1. The summed E-state index contributed by atoms with van der Waals surface area (Å²) in [6.07, 6.45) is 4.92. The quantitative estimate of drug-likeness (QED) is 0.662. The molecule has 2 aromatic carbocycles. The Morgan fingerprint density at radius 3 is 2.50 bits per heavy atom. The lowest BCUT2D eigenvalue weighted by atomic mass is 10.2.